The fourth-order valence-electron chi connectivity index (χ4n) is 2.78. The lowest BCUT2D eigenvalue weighted by Gasteiger charge is -2.26. The van der Waals surface area contributed by atoms with Gasteiger partial charge in [-0.3, -0.25) is 15.0 Å². The van der Waals surface area contributed by atoms with Crippen LogP contribution in [0.5, 0.6) is 0 Å². The van der Waals surface area contributed by atoms with E-state index in [4.69, 9.17) is 4.74 Å². The van der Waals surface area contributed by atoms with Crippen molar-refractivity contribution in [3.8, 4) is 11.1 Å². The fraction of sp³-hybridized carbons (Fsp3) is 0.294. The van der Waals surface area contributed by atoms with E-state index < -0.39 is 0 Å². The highest BCUT2D eigenvalue weighted by Gasteiger charge is 2.17. The predicted octanol–water partition coefficient (Wildman–Crippen LogP) is 1.89. The Morgan fingerprint density at radius 3 is 2.72 bits per heavy atom. The second-order valence-corrected chi connectivity index (χ2v) is 5.92. The number of hydrogen-bond acceptors (Lipinski definition) is 5. The smallest absolute Gasteiger partial charge is 0.323 e. The van der Waals surface area contributed by atoms with Gasteiger partial charge in [0.1, 0.15) is 5.82 Å². The number of fused-ring (bicyclic) bond motifs is 1. The van der Waals surface area contributed by atoms with E-state index in [1.807, 2.05) is 25.4 Å². The van der Waals surface area contributed by atoms with Crippen LogP contribution in [0.2, 0.25) is 0 Å². The monoisotopic (exact) mass is 338 g/mol. The zero-order chi connectivity index (χ0) is 17.2. The summed E-state index contributed by atoms with van der Waals surface area (Å²) < 4.78 is 7.01. The number of ether oxygens (including phenoxy) is 1. The molecule has 0 unspecified atom stereocenters. The minimum atomic E-state index is -0.161. The Bertz CT molecular complexity index is 916. The normalized spacial score (nSPS) is 14.7. The molecular weight excluding hydrogens is 320 g/mol. The van der Waals surface area contributed by atoms with Gasteiger partial charge in [0.05, 0.1) is 31.1 Å². The van der Waals surface area contributed by atoms with Crippen LogP contribution in [-0.2, 0) is 11.8 Å². The molecule has 1 aliphatic heterocycles. The van der Waals surface area contributed by atoms with Crippen molar-refractivity contribution in [1.82, 2.24) is 24.6 Å². The van der Waals surface area contributed by atoms with Crippen molar-refractivity contribution in [3.05, 3.63) is 36.9 Å². The number of pyridine rings is 2. The maximum atomic E-state index is 12.3. The number of aryl methyl sites for hydroxylation is 1. The third kappa shape index (κ3) is 3.29. The minimum Gasteiger partial charge on any atom is -0.378 e. The molecule has 1 N–H and O–H groups in total. The second kappa shape index (κ2) is 6.48. The largest absolute Gasteiger partial charge is 0.378 e. The van der Waals surface area contributed by atoms with Gasteiger partial charge in [0.2, 0.25) is 0 Å². The van der Waals surface area contributed by atoms with Crippen molar-refractivity contribution >= 4 is 22.8 Å². The second-order valence-electron chi connectivity index (χ2n) is 5.92. The lowest BCUT2D eigenvalue weighted by Crippen LogP contribution is -2.43. The number of nitrogens with zero attached hydrogens (tertiary/aromatic N) is 5. The number of urea groups is 1. The number of carbonyl (C=O) groups is 1. The molecule has 8 heteroatoms. The quantitative estimate of drug-likeness (QED) is 0.771. The van der Waals surface area contributed by atoms with E-state index in [-0.39, 0.29) is 6.03 Å². The van der Waals surface area contributed by atoms with Crippen molar-refractivity contribution in [2.45, 2.75) is 0 Å². The summed E-state index contributed by atoms with van der Waals surface area (Å²) >= 11 is 0. The van der Waals surface area contributed by atoms with E-state index in [1.165, 1.54) is 0 Å². The van der Waals surface area contributed by atoms with E-state index in [1.54, 1.807) is 28.2 Å². The standard InChI is InChI=1S/C17H18N6O2/c1-22-11-14(9-20-22)13-6-12-7-16(19-10-15(12)18-8-13)21-17(24)23-2-4-25-5-3-23/h6-11H,2-5H2,1H3,(H,19,21,24). The third-order valence-corrected chi connectivity index (χ3v) is 4.14. The van der Waals surface area contributed by atoms with Crippen molar-refractivity contribution in [1.29, 1.82) is 0 Å². The zero-order valence-corrected chi connectivity index (χ0v) is 13.8. The SMILES string of the molecule is Cn1cc(-c2cnc3cnc(NC(=O)N4CCOCC4)cc3c2)cn1. The number of nitrogens with one attached hydrogen (secondary N) is 1. The molecule has 25 heavy (non-hydrogen) atoms. The molecule has 0 aliphatic carbocycles. The highest BCUT2D eigenvalue weighted by molar-refractivity contribution is 5.91. The first-order valence-electron chi connectivity index (χ1n) is 8.07. The first-order chi connectivity index (χ1) is 12.2. The number of carbonyl (C=O) groups excluding carboxylic acids is 1. The van der Waals surface area contributed by atoms with Crippen LogP contribution in [0.4, 0.5) is 10.6 Å². The lowest BCUT2D eigenvalue weighted by molar-refractivity contribution is 0.0564. The van der Waals surface area contributed by atoms with Crippen LogP contribution in [0.25, 0.3) is 22.0 Å². The van der Waals surface area contributed by atoms with Gasteiger partial charge in [0.25, 0.3) is 0 Å². The molecule has 3 aromatic heterocycles. The van der Waals surface area contributed by atoms with E-state index in [9.17, 15) is 4.79 Å². The molecule has 128 valence electrons. The molecular formula is C17H18N6O2. The summed E-state index contributed by atoms with van der Waals surface area (Å²) in [5, 5.41) is 7.94. The summed E-state index contributed by atoms with van der Waals surface area (Å²) in [6.07, 6.45) is 7.20. The highest BCUT2D eigenvalue weighted by Crippen LogP contribution is 2.23. The Kier molecular flexibility index (Phi) is 4.02. The maximum absolute atomic E-state index is 12.3. The third-order valence-electron chi connectivity index (χ3n) is 4.14. The van der Waals surface area contributed by atoms with Gasteiger partial charge in [-0.2, -0.15) is 5.10 Å². The number of amides is 2. The van der Waals surface area contributed by atoms with Crippen molar-refractivity contribution in [2.24, 2.45) is 7.05 Å². The van der Waals surface area contributed by atoms with Gasteiger partial charge >= 0.3 is 6.03 Å². The van der Waals surface area contributed by atoms with Crippen molar-refractivity contribution < 1.29 is 9.53 Å². The fourth-order valence-corrected chi connectivity index (χ4v) is 2.78. The van der Waals surface area contributed by atoms with Crippen molar-refractivity contribution in [2.75, 3.05) is 31.6 Å². The average molecular weight is 338 g/mol. The first-order valence-corrected chi connectivity index (χ1v) is 8.07. The van der Waals surface area contributed by atoms with E-state index in [0.29, 0.717) is 32.1 Å². The van der Waals surface area contributed by atoms with E-state index >= 15 is 0 Å². The summed E-state index contributed by atoms with van der Waals surface area (Å²) in [6.45, 7) is 2.31. The number of anilines is 1. The number of morpholine rings is 1. The molecule has 1 saturated heterocycles. The van der Waals surface area contributed by atoms with Crippen LogP contribution in [0.3, 0.4) is 0 Å². The Hall–Kier alpha value is -3.00. The molecule has 2 amide bonds. The molecule has 0 atom stereocenters. The molecule has 0 aromatic carbocycles. The molecule has 0 spiro atoms. The van der Waals surface area contributed by atoms with Crippen LogP contribution in [0.1, 0.15) is 0 Å². The molecule has 1 aliphatic rings. The van der Waals surface area contributed by atoms with Gasteiger partial charge < -0.3 is 9.64 Å². The Morgan fingerprint density at radius 1 is 1.12 bits per heavy atom. The molecule has 8 nitrogen and oxygen atoms in total. The number of rotatable bonds is 2. The molecule has 4 rings (SSSR count). The molecule has 3 aromatic rings. The molecule has 0 radical (unpaired) electrons. The van der Waals surface area contributed by atoms with Crippen LogP contribution in [-0.4, -0.2) is 57.0 Å². The maximum Gasteiger partial charge on any atom is 0.323 e. The van der Waals surface area contributed by atoms with Crippen LogP contribution < -0.4 is 5.32 Å². The first kappa shape index (κ1) is 15.5. The minimum absolute atomic E-state index is 0.161. The highest BCUT2D eigenvalue weighted by atomic mass is 16.5. The van der Waals surface area contributed by atoms with Crippen LogP contribution in [0.15, 0.2) is 36.9 Å². The van der Waals surface area contributed by atoms with Crippen molar-refractivity contribution in [3.63, 3.8) is 0 Å². The molecule has 1 fully saturated rings. The number of aromatic nitrogens is 4. The molecule has 4 heterocycles. The van der Waals surface area contributed by atoms with Gasteiger partial charge in [-0.25, -0.2) is 9.78 Å². The Morgan fingerprint density at radius 2 is 1.96 bits per heavy atom. The Labute approximate surface area is 144 Å². The van der Waals surface area contributed by atoms with E-state index in [0.717, 1.165) is 22.0 Å². The number of hydrogen-bond donors (Lipinski definition) is 1. The summed E-state index contributed by atoms with van der Waals surface area (Å²) in [6, 6.07) is 3.69. The van der Waals surface area contributed by atoms with Gasteiger partial charge in [-0.05, 0) is 12.1 Å². The summed E-state index contributed by atoms with van der Waals surface area (Å²) in [7, 11) is 1.88. The van der Waals surface area contributed by atoms with Crippen LogP contribution >= 0.6 is 0 Å². The topological polar surface area (TPSA) is 85.2 Å². The summed E-state index contributed by atoms with van der Waals surface area (Å²) in [5.74, 6) is 0.508. The zero-order valence-electron chi connectivity index (χ0n) is 13.8. The average Bonchev–Trinajstić information content (AvgIpc) is 3.08. The van der Waals surface area contributed by atoms with Crippen LogP contribution in [0, 0.1) is 0 Å². The van der Waals surface area contributed by atoms with Gasteiger partial charge in [0.15, 0.2) is 0 Å². The Balaban J connectivity index is 1.59. The summed E-state index contributed by atoms with van der Waals surface area (Å²) in [4.78, 5) is 22.7. The lowest BCUT2D eigenvalue weighted by atomic mass is 10.1. The van der Waals surface area contributed by atoms with E-state index in [2.05, 4.69) is 20.4 Å². The van der Waals surface area contributed by atoms with Gasteiger partial charge in [-0.1, -0.05) is 0 Å². The predicted molar refractivity (Wildman–Crippen MR) is 93.2 cm³/mol. The van der Waals surface area contributed by atoms with Gasteiger partial charge in [-0.15, -0.1) is 0 Å². The summed E-state index contributed by atoms with van der Waals surface area (Å²) in [5.41, 5.74) is 2.74. The van der Waals surface area contributed by atoms with Gasteiger partial charge in [0, 0.05) is 49.0 Å². The molecule has 0 saturated carbocycles. The molecule has 0 bridgehead atoms.